The standard InChI is InChI=1S/C22H25ClN4O2S/c1-13(19(24)28)30-21-26-25-20(14-6-8-15(9-7-14)22(2,3)4)27(21)16-10-11-18(29-5)17(23)12-16/h6-13H,1-5H3,(H2,24,28). The summed E-state index contributed by atoms with van der Waals surface area (Å²) in [6.07, 6.45) is 0. The Morgan fingerprint density at radius 1 is 1.17 bits per heavy atom. The Morgan fingerprint density at radius 3 is 2.37 bits per heavy atom. The molecule has 8 heteroatoms. The minimum Gasteiger partial charge on any atom is -0.495 e. The number of thioether (sulfide) groups is 1. The maximum absolute atomic E-state index is 11.6. The lowest BCUT2D eigenvalue weighted by atomic mass is 9.87. The summed E-state index contributed by atoms with van der Waals surface area (Å²) in [6, 6.07) is 13.7. The molecule has 0 aliphatic rings. The van der Waals surface area contributed by atoms with Crippen molar-refractivity contribution in [2.45, 2.75) is 43.5 Å². The van der Waals surface area contributed by atoms with Crippen molar-refractivity contribution in [1.29, 1.82) is 0 Å². The predicted octanol–water partition coefficient (Wildman–Crippen LogP) is 4.86. The lowest BCUT2D eigenvalue weighted by molar-refractivity contribution is -0.117. The maximum atomic E-state index is 11.6. The molecular formula is C22H25ClN4O2S. The van der Waals surface area contributed by atoms with Crippen LogP contribution in [0.25, 0.3) is 17.1 Å². The van der Waals surface area contributed by atoms with Crippen LogP contribution < -0.4 is 10.5 Å². The highest BCUT2D eigenvalue weighted by molar-refractivity contribution is 8.00. The van der Waals surface area contributed by atoms with Crippen molar-refractivity contribution in [1.82, 2.24) is 14.8 Å². The van der Waals surface area contributed by atoms with E-state index in [1.54, 1.807) is 26.2 Å². The lowest BCUT2D eigenvalue weighted by Gasteiger charge is -2.19. The average Bonchev–Trinajstić information content (AvgIpc) is 3.10. The molecule has 6 nitrogen and oxygen atoms in total. The Hall–Kier alpha value is -2.51. The van der Waals surface area contributed by atoms with Crippen molar-refractivity contribution in [2.24, 2.45) is 5.73 Å². The van der Waals surface area contributed by atoms with E-state index in [1.807, 2.05) is 22.8 Å². The Kier molecular flexibility index (Phi) is 6.43. The van der Waals surface area contributed by atoms with Crippen LogP contribution >= 0.6 is 23.4 Å². The van der Waals surface area contributed by atoms with E-state index in [9.17, 15) is 4.79 Å². The van der Waals surface area contributed by atoms with Crippen molar-refractivity contribution in [3.05, 3.63) is 53.1 Å². The van der Waals surface area contributed by atoms with Crippen molar-refractivity contribution >= 4 is 29.3 Å². The fraction of sp³-hybridized carbons (Fsp3) is 0.318. The van der Waals surface area contributed by atoms with Crippen LogP contribution in [0.3, 0.4) is 0 Å². The van der Waals surface area contributed by atoms with Crippen LogP contribution in [-0.2, 0) is 10.2 Å². The van der Waals surface area contributed by atoms with Gasteiger partial charge in [-0.1, -0.05) is 68.4 Å². The van der Waals surface area contributed by atoms with E-state index >= 15 is 0 Å². The van der Waals surface area contributed by atoms with Crippen LogP contribution in [0.5, 0.6) is 5.75 Å². The molecule has 2 N–H and O–H groups in total. The second-order valence-corrected chi connectivity index (χ2v) is 9.67. The minimum absolute atomic E-state index is 0.0492. The van der Waals surface area contributed by atoms with E-state index in [0.717, 1.165) is 11.3 Å². The molecule has 1 amide bonds. The number of hydrogen-bond donors (Lipinski definition) is 1. The van der Waals surface area contributed by atoms with Gasteiger partial charge in [-0.2, -0.15) is 0 Å². The molecule has 0 saturated heterocycles. The normalized spacial score (nSPS) is 12.6. The molecule has 1 unspecified atom stereocenters. The second kappa shape index (κ2) is 8.70. The van der Waals surface area contributed by atoms with Gasteiger partial charge in [-0.3, -0.25) is 9.36 Å². The lowest BCUT2D eigenvalue weighted by Crippen LogP contribution is -2.23. The zero-order valence-electron chi connectivity index (χ0n) is 17.6. The summed E-state index contributed by atoms with van der Waals surface area (Å²) in [5.41, 5.74) is 8.40. The SMILES string of the molecule is COc1ccc(-n2c(SC(C)C(N)=O)nnc2-c2ccc(C(C)(C)C)cc2)cc1Cl. The fourth-order valence-electron chi connectivity index (χ4n) is 2.90. The highest BCUT2D eigenvalue weighted by Gasteiger charge is 2.22. The Bertz CT molecular complexity index is 1060. The van der Waals surface area contributed by atoms with Gasteiger partial charge in [-0.05, 0) is 36.1 Å². The van der Waals surface area contributed by atoms with Crippen molar-refractivity contribution in [2.75, 3.05) is 7.11 Å². The highest BCUT2D eigenvalue weighted by Crippen LogP contribution is 2.34. The zero-order chi connectivity index (χ0) is 22.1. The summed E-state index contributed by atoms with van der Waals surface area (Å²) in [6.45, 7) is 8.25. The van der Waals surface area contributed by atoms with Crippen LogP contribution in [0.15, 0.2) is 47.6 Å². The first-order valence-corrected chi connectivity index (χ1v) is 10.7. The number of nitrogens with zero attached hydrogens (tertiary/aromatic N) is 3. The molecule has 0 radical (unpaired) electrons. The van der Waals surface area contributed by atoms with Gasteiger partial charge in [0.05, 0.1) is 23.1 Å². The quantitative estimate of drug-likeness (QED) is 0.549. The van der Waals surface area contributed by atoms with Crippen molar-refractivity contribution in [3.63, 3.8) is 0 Å². The molecule has 1 aromatic heterocycles. The molecule has 0 fully saturated rings. The third-order valence-electron chi connectivity index (χ3n) is 4.72. The maximum Gasteiger partial charge on any atom is 0.230 e. The number of halogens is 1. The van der Waals surface area contributed by atoms with Gasteiger partial charge in [0.15, 0.2) is 11.0 Å². The number of rotatable bonds is 6. The molecule has 0 spiro atoms. The van der Waals surface area contributed by atoms with E-state index in [2.05, 4.69) is 43.1 Å². The molecule has 158 valence electrons. The first-order valence-electron chi connectivity index (χ1n) is 9.48. The molecule has 2 aromatic carbocycles. The third kappa shape index (κ3) is 4.63. The van der Waals surface area contributed by atoms with Crippen LogP contribution in [0.2, 0.25) is 5.02 Å². The molecular weight excluding hydrogens is 420 g/mol. The van der Waals surface area contributed by atoms with Gasteiger partial charge in [-0.15, -0.1) is 10.2 Å². The number of methoxy groups -OCH3 is 1. The van der Waals surface area contributed by atoms with E-state index in [1.165, 1.54) is 17.3 Å². The van der Waals surface area contributed by atoms with Gasteiger partial charge >= 0.3 is 0 Å². The topological polar surface area (TPSA) is 83.0 Å². The summed E-state index contributed by atoms with van der Waals surface area (Å²) in [5, 5.41) is 9.30. The van der Waals surface area contributed by atoms with Crippen LogP contribution in [-0.4, -0.2) is 33.0 Å². The molecule has 3 rings (SSSR count). The summed E-state index contributed by atoms with van der Waals surface area (Å²) in [5.74, 6) is 0.804. The van der Waals surface area contributed by atoms with E-state index in [4.69, 9.17) is 22.1 Å². The Balaban J connectivity index is 2.13. The van der Waals surface area contributed by atoms with Gasteiger partial charge in [0.2, 0.25) is 5.91 Å². The first-order chi connectivity index (χ1) is 14.1. The fourth-order valence-corrected chi connectivity index (χ4v) is 3.97. The smallest absolute Gasteiger partial charge is 0.230 e. The van der Waals surface area contributed by atoms with Crippen LogP contribution in [0.4, 0.5) is 0 Å². The molecule has 0 saturated carbocycles. The Morgan fingerprint density at radius 2 is 1.83 bits per heavy atom. The van der Waals surface area contributed by atoms with Gasteiger partial charge < -0.3 is 10.5 Å². The molecule has 0 aliphatic heterocycles. The summed E-state index contributed by atoms with van der Waals surface area (Å²) in [4.78, 5) is 11.6. The average molecular weight is 445 g/mol. The summed E-state index contributed by atoms with van der Waals surface area (Å²) in [7, 11) is 1.57. The number of carbonyl (C=O) groups excluding carboxylic acids is 1. The molecule has 3 aromatic rings. The minimum atomic E-state index is -0.460. The summed E-state index contributed by atoms with van der Waals surface area (Å²) >= 11 is 7.62. The number of carbonyl (C=O) groups is 1. The number of amides is 1. The number of hydrogen-bond acceptors (Lipinski definition) is 5. The van der Waals surface area contributed by atoms with Gasteiger partial charge in [0.1, 0.15) is 5.75 Å². The molecule has 0 aliphatic carbocycles. The first kappa shape index (κ1) is 22.2. The van der Waals surface area contributed by atoms with Gasteiger partial charge in [-0.25, -0.2) is 0 Å². The van der Waals surface area contributed by atoms with Crippen molar-refractivity contribution < 1.29 is 9.53 Å². The monoisotopic (exact) mass is 444 g/mol. The van der Waals surface area contributed by atoms with E-state index in [0.29, 0.717) is 21.8 Å². The van der Waals surface area contributed by atoms with Gasteiger partial charge in [0, 0.05) is 5.56 Å². The van der Waals surface area contributed by atoms with Crippen LogP contribution in [0.1, 0.15) is 33.3 Å². The van der Waals surface area contributed by atoms with Crippen molar-refractivity contribution in [3.8, 4) is 22.8 Å². The summed E-state index contributed by atoms with van der Waals surface area (Å²) < 4.78 is 7.14. The predicted molar refractivity (Wildman–Crippen MR) is 122 cm³/mol. The molecule has 0 bridgehead atoms. The molecule has 30 heavy (non-hydrogen) atoms. The molecule has 1 heterocycles. The Labute approximate surface area is 185 Å². The number of primary amides is 1. The highest BCUT2D eigenvalue weighted by atomic mass is 35.5. The third-order valence-corrected chi connectivity index (χ3v) is 6.08. The van der Waals surface area contributed by atoms with E-state index in [-0.39, 0.29) is 5.41 Å². The zero-order valence-corrected chi connectivity index (χ0v) is 19.2. The number of nitrogens with two attached hydrogens (primary N) is 1. The van der Waals surface area contributed by atoms with Gasteiger partial charge in [0.25, 0.3) is 0 Å². The largest absolute Gasteiger partial charge is 0.495 e. The second-order valence-electron chi connectivity index (χ2n) is 7.95. The van der Waals surface area contributed by atoms with Crippen LogP contribution in [0, 0.1) is 0 Å². The number of ether oxygens (including phenoxy) is 1. The molecule has 1 atom stereocenters. The number of benzene rings is 2. The number of aromatic nitrogens is 3. The van der Waals surface area contributed by atoms with E-state index < -0.39 is 11.2 Å².